The van der Waals surface area contributed by atoms with Crippen LogP contribution in [-0.4, -0.2) is 58.4 Å². The number of carbonyl (C=O) groups is 1. The van der Waals surface area contributed by atoms with E-state index in [4.69, 9.17) is 14.2 Å². The molecule has 1 fully saturated rings. The Hall–Kier alpha value is -1.79. The Labute approximate surface area is 144 Å². The Bertz CT molecular complexity index is 536. The topological polar surface area (TPSA) is 60.0 Å². The Kier molecular flexibility index (Phi) is 7.34. The zero-order chi connectivity index (χ0) is 17.4. The molecule has 1 aliphatic rings. The van der Waals surface area contributed by atoms with Crippen LogP contribution in [0.2, 0.25) is 0 Å². The van der Waals surface area contributed by atoms with Gasteiger partial charge in [-0.2, -0.15) is 0 Å². The lowest BCUT2D eigenvalue weighted by Gasteiger charge is -2.25. The van der Waals surface area contributed by atoms with Crippen LogP contribution >= 0.6 is 0 Å². The number of amides is 1. The van der Waals surface area contributed by atoms with E-state index in [-0.39, 0.29) is 11.9 Å². The van der Waals surface area contributed by atoms with Crippen LogP contribution in [0.1, 0.15) is 30.9 Å². The molecule has 0 saturated carbocycles. The summed E-state index contributed by atoms with van der Waals surface area (Å²) >= 11 is 0. The molecule has 1 unspecified atom stereocenters. The molecule has 1 saturated heterocycles. The second-order valence-electron chi connectivity index (χ2n) is 5.93. The number of hydrogen-bond acceptors (Lipinski definition) is 5. The number of methoxy groups -OCH3 is 3. The number of likely N-dealkylation sites (tertiary alicyclic amines) is 1. The number of benzene rings is 1. The molecule has 24 heavy (non-hydrogen) atoms. The molecule has 0 spiro atoms. The van der Waals surface area contributed by atoms with E-state index in [2.05, 4.69) is 10.2 Å². The molecule has 1 heterocycles. The van der Waals surface area contributed by atoms with Gasteiger partial charge in [0.25, 0.3) is 0 Å². The summed E-state index contributed by atoms with van der Waals surface area (Å²) < 4.78 is 15.8. The van der Waals surface area contributed by atoms with Crippen LogP contribution in [0, 0.1) is 0 Å². The summed E-state index contributed by atoms with van der Waals surface area (Å²) in [5.41, 5.74) is 1.11. The number of carbonyl (C=O) groups excluding carboxylic acids is 1. The molecule has 6 heteroatoms. The van der Waals surface area contributed by atoms with E-state index >= 15 is 0 Å². The van der Waals surface area contributed by atoms with Crippen LogP contribution in [0.5, 0.6) is 11.5 Å². The summed E-state index contributed by atoms with van der Waals surface area (Å²) in [4.78, 5) is 14.4. The molecule has 0 radical (unpaired) electrons. The van der Waals surface area contributed by atoms with Crippen molar-refractivity contribution in [1.29, 1.82) is 0 Å². The SMILES string of the molecule is COCCCNC(=O)CN1CCCC1c1ccc(OC)cc1OC. The molecule has 1 atom stereocenters. The van der Waals surface area contributed by atoms with Gasteiger partial charge in [0.2, 0.25) is 5.91 Å². The van der Waals surface area contributed by atoms with Gasteiger partial charge < -0.3 is 19.5 Å². The molecule has 0 aromatic heterocycles. The standard InChI is InChI=1S/C18H28N2O4/c1-22-11-5-9-19-18(21)13-20-10-4-6-16(20)15-8-7-14(23-2)12-17(15)24-3/h7-8,12,16H,4-6,9-11,13H2,1-3H3,(H,19,21). The molecule has 6 nitrogen and oxygen atoms in total. The zero-order valence-corrected chi connectivity index (χ0v) is 14.8. The first kappa shape index (κ1) is 18.5. The third kappa shape index (κ3) is 4.85. The largest absolute Gasteiger partial charge is 0.497 e. The summed E-state index contributed by atoms with van der Waals surface area (Å²) in [5, 5.41) is 2.95. The van der Waals surface area contributed by atoms with Crippen LogP contribution in [0.4, 0.5) is 0 Å². The molecule has 1 aliphatic heterocycles. The molecular formula is C18H28N2O4. The van der Waals surface area contributed by atoms with Gasteiger partial charge in [0.15, 0.2) is 0 Å². The molecule has 0 aliphatic carbocycles. The fourth-order valence-corrected chi connectivity index (χ4v) is 3.15. The first-order valence-electron chi connectivity index (χ1n) is 8.41. The predicted molar refractivity (Wildman–Crippen MR) is 92.6 cm³/mol. The van der Waals surface area contributed by atoms with Crippen molar-refractivity contribution >= 4 is 5.91 Å². The fraction of sp³-hybridized carbons (Fsp3) is 0.611. The van der Waals surface area contributed by atoms with Crippen LogP contribution < -0.4 is 14.8 Å². The molecule has 1 aromatic rings. The Balaban J connectivity index is 1.98. The van der Waals surface area contributed by atoms with Crippen molar-refractivity contribution in [2.45, 2.75) is 25.3 Å². The van der Waals surface area contributed by atoms with Crippen molar-refractivity contribution in [3.05, 3.63) is 23.8 Å². The monoisotopic (exact) mass is 336 g/mol. The van der Waals surface area contributed by atoms with Gasteiger partial charge in [-0.05, 0) is 31.9 Å². The first-order valence-corrected chi connectivity index (χ1v) is 8.41. The Morgan fingerprint density at radius 3 is 2.83 bits per heavy atom. The maximum absolute atomic E-state index is 12.1. The number of nitrogens with one attached hydrogen (secondary N) is 1. The van der Waals surface area contributed by atoms with Gasteiger partial charge in [0, 0.05) is 37.9 Å². The van der Waals surface area contributed by atoms with Gasteiger partial charge >= 0.3 is 0 Å². The minimum Gasteiger partial charge on any atom is -0.497 e. The molecule has 134 valence electrons. The van der Waals surface area contributed by atoms with Gasteiger partial charge in [-0.25, -0.2) is 0 Å². The van der Waals surface area contributed by atoms with E-state index in [1.165, 1.54) is 0 Å². The average molecular weight is 336 g/mol. The predicted octanol–water partition coefficient (Wildman–Crippen LogP) is 1.99. The lowest BCUT2D eigenvalue weighted by Crippen LogP contribution is -2.37. The maximum Gasteiger partial charge on any atom is 0.234 e. The van der Waals surface area contributed by atoms with Crippen molar-refractivity contribution in [1.82, 2.24) is 10.2 Å². The van der Waals surface area contributed by atoms with Gasteiger partial charge in [-0.1, -0.05) is 6.07 Å². The lowest BCUT2D eigenvalue weighted by molar-refractivity contribution is -0.122. The summed E-state index contributed by atoms with van der Waals surface area (Å²) in [7, 11) is 4.98. The lowest BCUT2D eigenvalue weighted by atomic mass is 10.0. The highest BCUT2D eigenvalue weighted by Gasteiger charge is 2.29. The highest BCUT2D eigenvalue weighted by atomic mass is 16.5. The van der Waals surface area contributed by atoms with E-state index in [0.29, 0.717) is 19.7 Å². The van der Waals surface area contributed by atoms with Crippen molar-refractivity contribution in [3.63, 3.8) is 0 Å². The highest BCUT2D eigenvalue weighted by molar-refractivity contribution is 5.78. The van der Waals surface area contributed by atoms with E-state index in [0.717, 1.165) is 42.9 Å². The maximum atomic E-state index is 12.1. The van der Waals surface area contributed by atoms with Crippen molar-refractivity contribution in [2.75, 3.05) is 47.6 Å². The summed E-state index contributed by atoms with van der Waals surface area (Å²) in [6.45, 7) is 2.64. The smallest absolute Gasteiger partial charge is 0.234 e. The number of ether oxygens (including phenoxy) is 3. The quantitative estimate of drug-likeness (QED) is 0.699. The first-order chi connectivity index (χ1) is 11.7. The van der Waals surface area contributed by atoms with Crippen LogP contribution in [0.25, 0.3) is 0 Å². The van der Waals surface area contributed by atoms with Crippen LogP contribution in [0.15, 0.2) is 18.2 Å². The molecule has 0 bridgehead atoms. The van der Waals surface area contributed by atoms with Gasteiger partial charge in [0.05, 0.1) is 20.8 Å². The third-order valence-electron chi connectivity index (χ3n) is 4.36. The van der Waals surface area contributed by atoms with Crippen molar-refractivity contribution < 1.29 is 19.0 Å². The van der Waals surface area contributed by atoms with E-state index in [1.807, 2.05) is 18.2 Å². The third-order valence-corrected chi connectivity index (χ3v) is 4.36. The van der Waals surface area contributed by atoms with Crippen molar-refractivity contribution in [3.8, 4) is 11.5 Å². The van der Waals surface area contributed by atoms with Gasteiger partial charge in [0.1, 0.15) is 11.5 Å². The fourth-order valence-electron chi connectivity index (χ4n) is 3.15. The number of nitrogens with zero attached hydrogens (tertiary/aromatic N) is 1. The Morgan fingerprint density at radius 2 is 2.12 bits per heavy atom. The van der Waals surface area contributed by atoms with Crippen LogP contribution in [0.3, 0.4) is 0 Å². The van der Waals surface area contributed by atoms with Gasteiger partial charge in [-0.15, -0.1) is 0 Å². The Morgan fingerprint density at radius 1 is 1.29 bits per heavy atom. The zero-order valence-electron chi connectivity index (χ0n) is 14.8. The summed E-state index contributed by atoms with van der Waals surface area (Å²) in [5.74, 6) is 1.65. The second-order valence-corrected chi connectivity index (χ2v) is 5.93. The van der Waals surface area contributed by atoms with Crippen molar-refractivity contribution in [2.24, 2.45) is 0 Å². The normalized spacial score (nSPS) is 17.7. The van der Waals surface area contributed by atoms with E-state index in [9.17, 15) is 4.79 Å². The minimum absolute atomic E-state index is 0.0606. The van der Waals surface area contributed by atoms with E-state index in [1.54, 1.807) is 21.3 Å². The second kappa shape index (κ2) is 9.49. The molecule has 2 rings (SSSR count). The number of hydrogen-bond donors (Lipinski definition) is 1. The highest BCUT2D eigenvalue weighted by Crippen LogP contribution is 2.38. The summed E-state index contributed by atoms with van der Waals surface area (Å²) in [6.07, 6.45) is 2.94. The van der Waals surface area contributed by atoms with E-state index < -0.39 is 0 Å². The molecule has 1 amide bonds. The van der Waals surface area contributed by atoms with Gasteiger partial charge in [-0.3, -0.25) is 9.69 Å². The molecular weight excluding hydrogens is 308 g/mol. The van der Waals surface area contributed by atoms with Crippen LogP contribution in [-0.2, 0) is 9.53 Å². The molecule has 1 aromatic carbocycles. The molecule has 1 N–H and O–H groups in total. The number of rotatable bonds is 9. The minimum atomic E-state index is 0.0606. The average Bonchev–Trinajstić information content (AvgIpc) is 3.05. The summed E-state index contributed by atoms with van der Waals surface area (Å²) in [6, 6.07) is 6.09.